The molecular formula is C18H25N3. The minimum Gasteiger partial charge on any atom is -0.328 e. The summed E-state index contributed by atoms with van der Waals surface area (Å²) in [6, 6.07) is 8.84. The van der Waals surface area contributed by atoms with Gasteiger partial charge in [-0.2, -0.15) is 5.26 Å². The summed E-state index contributed by atoms with van der Waals surface area (Å²) in [7, 11) is 0. The molecule has 0 amide bonds. The van der Waals surface area contributed by atoms with Gasteiger partial charge in [-0.05, 0) is 74.2 Å². The van der Waals surface area contributed by atoms with Gasteiger partial charge in [0.2, 0.25) is 0 Å². The summed E-state index contributed by atoms with van der Waals surface area (Å²) < 4.78 is 0. The minimum absolute atomic E-state index is 0.456. The molecule has 21 heavy (non-hydrogen) atoms. The molecule has 2 N–H and O–H groups in total. The third kappa shape index (κ3) is 3.64. The lowest BCUT2D eigenvalue weighted by Gasteiger charge is -2.32. The molecule has 0 bridgehead atoms. The minimum atomic E-state index is 0.456. The van der Waals surface area contributed by atoms with Gasteiger partial charge in [0.25, 0.3) is 0 Å². The quantitative estimate of drug-likeness (QED) is 0.928. The third-order valence-corrected chi connectivity index (χ3v) is 5.17. The lowest BCUT2D eigenvalue weighted by Crippen LogP contribution is -2.33. The van der Waals surface area contributed by atoms with Crippen molar-refractivity contribution in [2.75, 3.05) is 13.1 Å². The summed E-state index contributed by atoms with van der Waals surface area (Å²) in [5.41, 5.74) is 9.55. The Hall–Kier alpha value is -1.37. The Morgan fingerprint density at radius 1 is 1.19 bits per heavy atom. The predicted molar refractivity (Wildman–Crippen MR) is 84.7 cm³/mol. The normalized spacial score (nSPS) is 26.1. The van der Waals surface area contributed by atoms with E-state index in [1.54, 1.807) is 0 Å². The zero-order valence-corrected chi connectivity index (χ0v) is 12.7. The highest BCUT2D eigenvalue weighted by molar-refractivity contribution is 5.39. The molecule has 1 aromatic rings. The van der Waals surface area contributed by atoms with Crippen LogP contribution < -0.4 is 5.73 Å². The first-order chi connectivity index (χ1) is 10.2. The first kappa shape index (κ1) is 14.6. The van der Waals surface area contributed by atoms with Crippen molar-refractivity contribution in [3.8, 4) is 6.07 Å². The van der Waals surface area contributed by atoms with E-state index in [0.29, 0.717) is 6.04 Å². The largest absolute Gasteiger partial charge is 0.328 e. The Morgan fingerprint density at radius 2 is 2.00 bits per heavy atom. The van der Waals surface area contributed by atoms with Gasteiger partial charge >= 0.3 is 0 Å². The average Bonchev–Trinajstić information content (AvgIpc) is 2.53. The fraction of sp³-hybridized carbons (Fsp3) is 0.611. The maximum atomic E-state index is 8.97. The molecule has 1 fully saturated rings. The third-order valence-electron chi connectivity index (χ3n) is 5.17. The lowest BCUT2D eigenvalue weighted by molar-refractivity contribution is 0.213. The van der Waals surface area contributed by atoms with E-state index in [2.05, 4.69) is 23.1 Å². The standard InChI is InChI=1S/C18H25N3/c19-12-15-1-4-17-13-21(10-8-16(17)11-15)9-7-14-2-5-18(20)6-3-14/h1,4,11,14,18H,2-3,5-10,13,20H2. The summed E-state index contributed by atoms with van der Waals surface area (Å²) in [5, 5.41) is 8.97. The number of hydrogen-bond donors (Lipinski definition) is 1. The number of benzene rings is 1. The number of hydrogen-bond acceptors (Lipinski definition) is 3. The number of rotatable bonds is 3. The summed E-state index contributed by atoms with van der Waals surface area (Å²) in [4.78, 5) is 2.57. The highest BCUT2D eigenvalue weighted by Crippen LogP contribution is 2.27. The van der Waals surface area contributed by atoms with Crippen LogP contribution in [0.5, 0.6) is 0 Å². The topological polar surface area (TPSA) is 53.0 Å². The number of nitrogens with zero attached hydrogens (tertiary/aromatic N) is 2. The SMILES string of the molecule is N#Cc1ccc2c(c1)CCN(CCC1CCC(N)CC1)C2. The Kier molecular flexibility index (Phi) is 4.57. The van der Waals surface area contributed by atoms with E-state index < -0.39 is 0 Å². The molecule has 112 valence electrons. The molecule has 1 aliphatic carbocycles. The summed E-state index contributed by atoms with van der Waals surface area (Å²) in [5.74, 6) is 0.882. The van der Waals surface area contributed by atoms with Crippen LogP contribution in [0.15, 0.2) is 18.2 Å². The van der Waals surface area contributed by atoms with Crippen molar-refractivity contribution in [1.82, 2.24) is 4.90 Å². The average molecular weight is 283 g/mol. The second-order valence-corrected chi connectivity index (χ2v) is 6.69. The Morgan fingerprint density at radius 3 is 2.76 bits per heavy atom. The van der Waals surface area contributed by atoms with E-state index >= 15 is 0 Å². The predicted octanol–water partition coefficient (Wildman–Crippen LogP) is 2.82. The highest BCUT2D eigenvalue weighted by Gasteiger charge is 2.21. The van der Waals surface area contributed by atoms with Gasteiger partial charge in [-0.25, -0.2) is 0 Å². The van der Waals surface area contributed by atoms with Crippen molar-refractivity contribution in [2.24, 2.45) is 11.7 Å². The maximum Gasteiger partial charge on any atom is 0.0991 e. The van der Waals surface area contributed by atoms with Crippen molar-refractivity contribution in [1.29, 1.82) is 5.26 Å². The number of nitrogens with two attached hydrogens (primary N) is 1. The molecule has 1 aromatic carbocycles. The molecule has 0 radical (unpaired) electrons. The van der Waals surface area contributed by atoms with E-state index in [0.717, 1.165) is 31.0 Å². The molecule has 0 unspecified atom stereocenters. The Labute approximate surface area is 127 Å². The molecule has 1 aliphatic heterocycles. The molecular weight excluding hydrogens is 258 g/mol. The molecule has 1 heterocycles. The zero-order chi connectivity index (χ0) is 14.7. The first-order valence-electron chi connectivity index (χ1n) is 8.24. The van der Waals surface area contributed by atoms with Crippen molar-refractivity contribution >= 4 is 0 Å². The van der Waals surface area contributed by atoms with Crippen LogP contribution in [0, 0.1) is 17.2 Å². The highest BCUT2D eigenvalue weighted by atomic mass is 15.1. The summed E-state index contributed by atoms with van der Waals surface area (Å²) in [6.45, 7) is 3.39. The van der Waals surface area contributed by atoms with Crippen molar-refractivity contribution in [3.63, 3.8) is 0 Å². The Balaban J connectivity index is 1.51. The van der Waals surface area contributed by atoms with Gasteiger partial charge < -0.3 is 5.73 Å². The van der Waals surface area contributed by atoms with E-state index in [1.165, 1.54) is 49.8 Å². The van der Waals surface area contributed by atoms with Gasteiger partial charge in [0.15, 0.2) is 0 Å². The number of fused-ring (bicyclic) bond motifs is 1. The van der Waals surface area contributed by atoms with Crippen LogP contribution in [0.2, 0.25) is 0 Å². The Bertz CT molecular complexity index is 524. The number of nitriles is 1. The molecule has 0 spiro atoms. The van der Waals surface area contributed by atoms with Crippen LogP contribution in [0.1, 0.15) is 48.8 Å². The van der Waals surface area contributed by atoms with Crippen molar-refractivity contribution < 1.29 is 0 Å². The molecule has 3 heteroatoms. The van der Waals surface area contributed by atoms with Crippen LogP contribution in [0.4, 0.5) is 0 Å². The molecule has 0 saturated heterocycles. The van der Waals surface area contributed by atoms with Crippen LogP contribution in [0.25, 0.3) is 0 Å². The molecule has 3 nitrogen and oxygen atoms in total. The van der Waals surface area contributed by atoms with Crippen LogP contribution in [-0.2, 0) is 13.0 Å². The van der Waals surface area contributed by atoms with Gasteiger partial charge in [0.05, 0.1) is 11.6 Å². The summed E-state index contributed by atoms with van der Waals surface area (Å²) >= 11 is 0. The summed E-state index contributed by atoms with van der Waals surface area (Å²) in [6.07, 6.45) is 7.46. The fourth-order valence-corrected chi connectivity index (χ4v) is 3.71. The molecule has 0 aromatic heterocycles. The molecule has 2 aliphatic rings. The second kappa shape index (κ2) is 6.60. The van der Waals surface area contributed by atoms with Crippen molar-refractivity contribution in [3.05, 3.63) is 34.9 Å². The van der Waals surface area contributed by atoms with E-state index in [4.69, 9.17) is 11.0 Å². The fourth-order valence-electron chi connectivity index (χ4n) is 3.71. The van der Waals surface area contributed by atoms with Crippen molar-refractivity contribution in [2.45, 2.75) is 51.1 Å². The second-order valence-electron chi connectivity index (χ2n) is 6.69. The zero-order valence-electron chi connectivity index (χ0n) is 12.7. The van der Waals surface area contributed by atoms with Gasteiger partial charge in [0.1, 0.15) is 0 Å². The molecule has 0 atom stereocenters. The lowest BCUT2D eigenvalue weighted by atomic mass is 9.84. The first-order valence-corrected chi connectivity index (χ1v) is 8.24. The smallest absolute Gasteiger partial charge is 0.0991 e. The maximum absolute atomic E-state index is 8.97. The molecule has 1 saturated carbocycles. The van der Waals surface area contributed by atoms with Gasteiger partial charge in [-0.1, -0.05) is 6.07 Å². The monoisotopic (exact) mass is 283 g/mol. The van der Waals surface area contributed by atoms with Gasteiger partial charge in [0, 0.05) is 19.1 Å². The van der Waals surface area contributed by atoms with Crippen LogP contribution in [-0.4, -0.2) is 24.0 Å². The van der Waals surface area contributed by atoms with E-state index in [-0.39, 0.29) is 0 Å². The van der Waals surface area contributed by atoms with Gasteiger partial charge in [-0.15, -0.1) is 0 Å². The van der Waals surface area contributed by atoms with Crippen LogP contribution >= 0.6 is 0 Å². The van der Waals surface area contributed by atoms with Gasteiger partial charge in [-0.3, -0.25) is 4.90 Å². The van der Waals surface area contributed by atoms with E-state index in [9.17, 15) is 0 Å². The van der Waals surface area contributed by atoms with Crippen LogP contribution in [0.3, 0.4) is 0 Å². The molecule has 3 rings (SSSR count). The van der Waals surface area contributed by atoms with E-state index in [1.807, 2.05) is 6.07 Å².